The van der Waals surface area contributed by atoms with E-state index in [9.17, 15) is 4.79 Å². The van der Waals surface area contributed by atoms with Crippen LogP contribution >= 0.6 is 23.1 Å². The summed E-state index contributed by atoms with van der Waals surface area (Å²) in [5.41, 5.74) is 0.832. The SMILES string of the molecule is COc1cc2c(cc1CNC(=O)CSc1nnc(-c3cccs3)n1C)OCCCO2. The summed E-state index contributed by atoms with van der Waals surface area (Å²) in [5.74, 6) is 2.93. The number of benzene rings is 1. The molecule has 0 unspecified atom stereocenters. The van der Waals surface area contributed by atoms with E-state index in [0.29, 0.717) is 42.2 Å². The quantitative estimate of drug-likeness (QED) is 0.558. The van der Waals surface area contributed by atoms with E-state index in [4.69, 9.17) is 14.2 Å². The zero-order valence-electron chi connectivity index (χ0n) is 16.7. The van der Waals surface area contributed by atoms with Crippen molar-refractivity contribution in [3.8, 4) is 28.0 Å². The molecule has 0 bridgehead atoms. The average molecular weight is 447 g/mol. The smallest absolute Gasteiger partial charge is 0.230 e. The van der Waals surface area contributed by atoms with Gasteiger partial charge in [-0.25, -0.2) is 0 Å². The second kappa shape index (κ2) is 9.40. The minimum Gasteiger partial charge on any atom is -0.496 e. The van der Waals surface area contributed by atoms with Crippen LogP contribution in [0.3, 0.4) is 0 Å². The van der Waals surface area contributed by atoms with Crippen molar-refractivity contribution in [3.05, 3.63) is 35.2 Å². The lowest BCUT2D eigenvalue weighted by atomic mass is 10.1. The number of fused-ring (bicyclic) bond motifs is 1. The number of hydrogen-bond donors (Lipinski definition) is 1. The number of ether oxygens (including phenoxy) is 3. The third-order valence-electron chi connectivity index (χ3n) is 4.54. The number of amides is 1. The van der Waals surface area contributed by atoms with Crippen molar-refractivity contribution >= 4 is 29.0 Å². The highest BCUT2D eigenvalue weighted by molar-refractivity contribution is 7.99. The van der Waals surface area contributed by atoms with Gasteiger partial charge in [-0.05, 0) is 17.5 Å². The Bertz CT molecular complexity index is 1020. The molecule has 1 aliphatic heterocycles. The van der Waals surface area contributed by atoms with Crippen LogP contribution < -0.4 is 19.5 Å². The Morgan fingerprint density at radius 3 is 2.83 bits per heavy atom. The van der Waals surface area contributed by atoms with Gasteiger partial charge in [0.25, 0.3) is 0 Å². The Morgan fingerprint density at radius 1 is 1.30 bits per heavy atom. The molecule has 1 amide bonds. The molecule has 30 heavy (non-hydrogen) atoms. The molecule has 158 valence electrons. The summed E-state index contributed by atoms with van der Waals surface area (Å²) in [4.78, 5) is 13.4. The van der Waals surface area contributed by atoms with Crippen molar-refractivity contribution in [2.45, 2.75) is 18.1 Å². The van der Waals surface area contributed by atoms with Gasteiger partial charge in [0, 0.05) is 31.6 Å². The molecule has 10 heteroatoms. The zero-order valence-corrected chi connectivity index (χ0v) is 18.3. The summed E-state index contributed by atoms with van der Waals surface area (Å²) in [6, 6.07) is 7.65. The Labute approximate surface area is 182 Å². The first-order valence-electron chi connectivity index (χ1n) is 9.45. The molecule has 3 aromatic rings. The number of methoxy groups -OCH3 is 1. The van der Waals surface area contributed by atoms with E-state index in [1.807, 2.05) is 41.3 Å². The molecule has 4 rings (SSSR count). The summed E-state index contributed by atoms with van der Waals surface area (Å²) in [7, 11) is 3.50. The maximum atomic E-state index is 12.4. The Hall–Kier alpha value is -2.72. The average Bonchev–Trinajstić information content (AvgIpc) is 3.34. The number of aromatic nitrogens is 3. The van der Waals surface area contributed by atoms with Gasteiger partial charge in [0.15, 0.2) is 22.5 Å². The molecule has 0 aliphatic carbocycles. The Morgan fingerprint density at radius 2 is 2.10 bits per heavy atom. The number of nitrogens with one attached hydrogen (secondary N) is 1. The fourth-order valence-electron chi connectivity index (χ4n) is 3.00. The van der Waals surface area contributed by atoms with Crippen LogP contribution in [0.4, 0.5) is 0 Å². The van der Waals surface area contributed by atoms with E-state index in [0.717, 1.165) is 22.7 Å². The van der Waals surface area contributed by atoms with Crippen molar-refractivity contribution in [3.63, 3.8) is 0 Å². The van der Waals surface area contributed by atoms with Crippen molar-refractivity contribution in [2.24, 2.45) is 7.05 Å². The molecular weight excluding hydrogens is 424 g/mol. The van der Waals surface area contributed by atoms with Crippen molar-refractivity contribution < 1.29 is 19.0 Å². The van der Waals surface area contributed by atoms with Crippen molar-refractivity contribution in [1.82, 2.24) is 20.1 Å². The fraction of sp³-hybridized carbons (Fsp3) is 0.350. The molecule has 2 aromatic heterocycles. The van der Waals surface area contributed by atoms with Gasteiger partial charge in [-0.2, -0.15) is 0 Å². The van der Waals surface area contributed by atoms with Gasteiger partial charge in [-0.3, -0.25) is 4.79 Å². The number of nitrogens with zero attached hydrogens (tertiary/aromatic N) is 3. The second-order valence-corrected chi connectivity index (χ2v) is 8.46. The number of carbonyl (C=O) groups is 1. The summed E-state index contributed by atoms with van der Waals surface area (Å²) < 4.78 is 18.8. The number of thiophene rings is 1. The summed E-state index contributed by atoms with van der Waals surface area (Å²) in [5, 5.41) is 14.1. The van der Waals surface area contributed by atoms with E-state index in [-0.39, 0.29) is 11.7 Å². The molecule has 0 saturated heterocycles. The van der Waals surface area contributed by atoms with Crippen molar-refractivity contribution in [2.75, 3.05) is 26.1 Å². The monoisotopic (exact) mass is 446 g/mol. The van der Waals surface area contributed by atoms with Crippen LogP contribution in [0.15, 0.2) is 34.8 Å². The lowest BCUT2D eigenvalue weighted by Crippen LogP contribution is -2.25. The minimum absolute atomic E-state index is 0.102. The highest BCUT2D eigenvalue weighted by atomic mass is 32.2. The summed E-state index contributed by atoms with van der Waals surface area (Å²) in [6.45, 7) is 1.55. The fourth-order valence-corrected chi connectivity index (χ4v) is 4.48. The third kappa shape index (κ3) is 4.54. The summed E-state index contributed by atoms with van der Waals surface area (Å²) in [6.07, 6.45) is 0.830. The first kappa shape index (κ1) is 20.5. The molecule has 1 aromatic carbocycles. The minimum atomic E-state index is -0.102. The topological polar surface area (TPSA) is 87.5 Å². The number of rotatable bonds is 7. The van der Waals surface area contributed by atoms with Gasteiger partial charge in [-0.1, -0.05) is 17.8 Å². The molecule has 0 fully saturated rings. The van der Waals surface area contributed by atoms with E-state index in [1.165, 1.54) is 11.8 Å². The molecule has 3 heterocycles. The van der Waals surface area contributed by atoms with Crippen LogP contribution in [0.5, 0.6) is 17.2 Å². The predicted octanol–water partition coefficient (Wildman–Crippen LogP) is 3.12. The van der Waals surface area contributed by atoms with Gasteiger partial charge in [0.2, 0.25) is 5.91 Å². The molecule has 1 aliphatic rings. The molecular formula is C20H22N4O4S2. The molecule has 0 radical (unpaired) electrons. The Balaban J connectivity index is 1.36. The van der Waals surface area contributed by atoms with Gasteiger partial charge in [0.1, 0.15) is 5.75 Å². The van der Waals surface area contributed by atoms with Crippen LogP contribution in [-0.4, -0.2) is 46.7 Å². The lowest BCUT2D eigenvalue weighted by molar-refractivity contribution is -0.118. The van der Waals surface area contributed by atoms with Crippen LogP contribution in [-0.2, 0) is 18.4 Å². The maximum Gasteiger partial charge on any atom is 0.230 e. The van der Waals surface area contributed by atoms with Gasteiger partial charge < -0.3 is 24.1 Å². The summed E-state index contributed by atoms with van der Waals surface area (Å²) >= 11 is 2.96. The predicted molar refractivity (Wildman–Crippen MR) is 115 cm³/mol. The van der Waals surface area contributed by atoms with Crippen LogP contribution in [0.1, 0.15) is 12.0 Å². The standard InChI is InChI=1S/C20H22N4O4S2/c1-24-19(17-5-3-8-29-17)22-23-20(24)30-12-18(25)21-11-13-9-15-16(10-14(13)26-2)28-7-4-6-27-15/h3,5,8-10H,4,6-7,11-12H2,1-2H3,(H,21,25). The van der Waals surface area contributed by atoms with Crippen molar-refractivity contribution in [1.29, 1.82) is 0 Å². The molecule has 0 atom stereocenters. The normalized spacial score (nSPS) is 13.0. The van der Waals surface area contributed by atoms with Gasteiger partial charge in [-0.15, -0.1) is 21.5 Å². The second-order valence-electron chi connectivity index (χ2n) is 6.57. The highest BCUT2D eigenvalue weighted by Gasteiger charge is 2.17. The van der Waals surface area contributed by atoms with E-state index in [2.05, 4.69) is 15.5 Å². The maximum absolute atomic E-state index is 12.4. The molecule has 0 saturated carbocycles. The molecule has 0 spiro atoms. The third-order valence-corrected chi connectivity index (χ3v) is 6.42. The first-order valence-corrected chi connectivity index (χ1v) is 11.3. The number of hydrogen-bond acceptors (Lipinski definition) is 8. The van der Waals surface area contributed by atoms with E-state index in [1.54, 1.807) is 18.4 Å². The zero-order chi connectivity index (χ0) is 20.9. The highest BCUT2D eigenvalue weighted by Crippen LogP contribution is 2.36. The largest absolute Gasteiger partial charge is 0.496 e. The number of carbonyl (C=O) groups excluding carboxylic acids is 1. The van der Waals surface area contributed by atoms with Crippen LogP contribution in [0, 0.1) is 0 Å². The Kier molecular flexibility index (Phi) is 6.44. The van der Waals surface area contributed by atoms with Crippen LogP contribution in [0.25, 0.3) is 10.7 Å². The lowest BCUT2D eigenvalue weighted by Gasteiger charge is -2.14. The first-order chi connectivity index (χ1) is 14.7. The number of thioether (sulfide) groups is 1. The molecule has 1 N–H and O–H groups in total. The van der Waals surface area contributed by atoms with E-state index < -0.39 is 0 Å². The molecule has 8 nitrogen and oxygen atoms in total. The van der Waals surface area contributed by atoms with Gasteiger partial charge in [0.05, 0.1) is 31.0 Å². The van der Waals surface area contributed by atoms with Gasteiger partial charge >= 0.3 is 0 Å². The van der Waals surface area contributed by atoms with E-state index >= 15 is 0 Å². The van der Waals surface area contributed by atoms with Crippen LogP contribution in [0.2, 0.25) is 0 Å².